The molecule has 23 aromatic rings. The quantitative estimate of drug-likeness (QED) is 0.102. The molecule has 0 unspecified atom stereocenters. The van der Waals surface area contributed by atoms with Gasteiger partial charge in [-0.3, -0.25) is 0 Å². The number of phenols is 2. The van der Waals surface area contributed by atoms with Crippen molar-refractivity contribution in [2.45, 2.75) is 46.2 Å². The lowest BCUT2D eigenvalue weighted by atomic mass is 9.98. The van der Waals surface area contributed by atoms with Crippen LogP contribution in [-0.2, 0) is 0 Å². The van der Waals surface area contributed by atoms with Crippen molar-refractivity contribution in [2.75, 3.05) is 0 Å². The van der Waals surface area contributed by atoms with Crippen molar-refractivity contribution in [3.05, 3.63) is 418 Å². The molecule has 10 nitrogen and oxygen atoms in total. The van der Waals surface area contributed by atoms with Crippen LogP contribution >= 0.6 is 0 Å². The molecule has 0 aliphatic carbocycles. The van der Waals surface area contributed by atoms with E-state index in [9.17, 15) is 10.2 Å². The summed E-state index contributed by atoms with van der Waals surface area (Å²) in [5.74, 6) is 2.66. The zero-order valence-corrected chi connectivity index (χ0v) is 71.9. The predicted octanol–water partition coefficient (Wildman–Crippen LogP) is 30.2. The molecule has 0 saturated carbocycles. The van der Waals surface area contributed by atoms with Crippen molar-refractivity contribution in [2.24, 2.45) is 0 Å². The summed E-state index contributed by atoms with van der Waals surface area (Å²) in [6.07, 6.45) is 1.88. The van der Waals surface area contributed by atoms with E-state index >= 15 is 0 Å². The highest BCUT2D eigenvalue weighted by Crippen LogP contribution is 2.43. The first-order valence-electron chi connectivity index (χ1n) is 41.8. The highest BCUT2D eigenvalue weighted by Gasteiger charge is 2.24. The van der Waals surface area contributed by atoms with Crippen LogP contribution in [0.25, 0.3) is 171 Å². The Balaban J connectivity index is 0.000000102. The molecule has 4 N–H and O–H groups in total. The summed E-state index contributed by atoms with van der Waals surface area (Å²) >= 11 is 0. The number of fused-ring (bicyclic) bond motifs is 18. The van der Waals surface area contributed by atoms with Crippen LogP contribution in [0.5, 0.6) is 23.0 Å². The average molecular weight is 1630 g/mol. The molecular weight excluding hydrogens is 1540 g/mol. The molecule has 0 atom stereocenters. The van der Waals surface area contributed by atoms with E-state index in [0.717, 1.165) is 71.9 Å². The molecule has 0 bridgehead atoms. The Kier molecular flexibility index (Phi) is 21.8. The maximum absolute atomic E-state index is 10.2. The van der Waals surface area contributed by atoms with Gasteiger partial charge in [0.25, 0.3) is 0 Å². The number of aromatic nitrogens is 6. The Morgan fingerprint density at radius 2 is 0.561 bits per heavy atom. The van der Waals surface area contributed by atoms with Gasteiger partial charge in [0.05, 0.1) is 55.2 Å². The minimum Gasteiger partial charge on any atom is -0.544 e. The van der Waals surface area contributed by atoms with Crippen LogP contribution in [0.4, 0.5) is 0 Å². The third-order valence-electron chi connectivity index (χ3n) is 22.3. The van der Waals surface area contributed by atoms with Gasteiger partial charge in [-0.25, -0.2) is 0 Å². The van der Waals surface area contributed by atoms with Gasteiger partial charge >= 0.3 is 0 Å². The second kappa shape index (κ2) is 34.0. The molecule has 600 valence electrons. The van der Waals surface area contributed by atoms with Gasteiger partial charge < -0.3 is 47.3 Å². The standard InChI is InChI=1S/C26H19N.C21H21NOSi.C19H15N.C18H13NO.C15H17NOSi.C12H9NO/c1-2-19-15-17-20(18-16-19)22-12-8-14-25-26(22)23-11-6-7-13-24(23)27(25)21-9-4-3-5-10-21;1-24(2,3)23-20-15-9-14-19-21(20)17-12-7-8-13-18(17)22(19)16-10-5-4-6-11-16;1-14-8-7-13-18-19(14)16-11-5-6-12-17(16)20(18)15-9-3-2-4-10-15;20-17-12-6-11-16-18(17)14-9-4-5-10-15(14)19(16)13-7-2-1-3-8-13;1-18(2,3)17-14-10-6-9-13-15(14)11-7-4-5-8-12(11)16-13;14-11-7-3-6-10-12(11)8-4-1-2-5-9(8)13-10/h2-18H,1H2;4-15H,1-3H3;2-13H,1H3;1-12,20H;4-10,16H,1-3H3;1-7,13-14H. The molecular formula is C111H94N6O4Si2. The van der Waals surface area contributed by atoms with Gasteiger partial charge in [-0.15, -0.1) is 0 Å². The van der Waals surface area contributed by atoms with E-state index in [4.69, 9.17) is 8.85 Å². The molecule has 123 heavy (non-hydrogen) atoms. The zero-order chi connectivity index (χ0) is 84.3. The van der Waals surface area contributed by atoms with Crippen LogP contribution in [0.1, 0.15) is 11.1 Å². The highest BCUT2D eigenvalue weighted by atomic mass is 28.4. The fourth-order valence-electron chi connectivity index (χ4n) is 17.2. The second-order valence-electron chi connectivity index (χ2n) is 32.7. The molecule has 6 heterocycles. The van der Waals surface area contributed by atoms with E-state index in [2.05, 4.69) is 384 Å². The largest absolute Gasteiger partial charge is 0.544 e. The lowest BCUT2D eigenvalue weighted by molar-refractivity contribution is 0.481. The van der Waals surface area contributed by atoms with E-state index in [-0.39, 0.29) is 0 Å². The van der Waals surface area contributed by atoms with E-state index in [1.807, 2.05) is 91.0 Å². The highest BCUT2D eigenvalue weighted by molar-refractivity contribution is 6.71. The number of aromatic hydroxyl groups is 2. The van der Waals surface area contributed by atoms with Crippen LogP contribution in [-0.4, -0.2) is 55.1 Å². The van der Waals surface area contributed by atoms with Gasteiger partial charge in [0.1, 0.15) is 23.0 Å². The molecule has 12 heteroatoms. The van der Waals surface area contributed by atoms with Crippen molar-refractivity contribution in [1.29, 1.82) is 0 Å². The Bertz CT molecular complexity index is 7610. The first kappa shape index (κ1) is 79.1. The molecule has 0 saturated heterocycles. The summed E-state index contributed by atoms with van der Waals surface area (Å²) in [6, 6.07) is 138. The Morgan fingerprint density at radius 1 is 0.260 bits per heavy atom. The molecule has 0 amide bonds. The summed E-state index contributed by atoms with van der Waals surface area (Å²) in [5.41, 5.74) is 23.5. The van der Waals surface area contributed by atoms with Crippen LogP contribution in [0.15, 0.2) is 407 Å². The van der Waals surface area contributed by atoms with E-state index in [1.54, 1.807) is 12.1 Å². The number of rotatable bonds is 10. The number of benzene rings is 17. The number of aromatic amines is 2. The molecule has 23 rings (SSSR count). The minimum atomic E-state index is -1.68. The smallest absolute Gasteiger partial charge is 0.242 e. The van der Waals surface area contributed by atoms with Crippen LogP contribution in [0.2, 0.25) is 39.3 Å². The monoisotopic (exact) mass is 1630 g/mol. The maximum Gasteiger partial charge on any atom is 0.242 e. The van der Waals surface area contributed by atoms with Crippen molar-refractivity contribution in [3.8, 4) is 56.9 Å². The Morgan fingerprint density at radius 3 is 1.02 bits per heavy atom. The fraction of sp³-hybridized carbons (Fsp3) is 0.0631. The van der Waals surface area contributed by atoms with Gasteiger partial charge in [-0.2, -0.15) is 0 Å². The predicted molar refractivity (Wildman–Crippen MR) is 526 cm³/mol. The van der Waals surface area contributed by atoms with E-state index < -0.39 is 16.6 Å². The molecule has 17 aromatic carbocycles. The summed E-state index contributed by atoms with van der Waals surface area (Å²) < 4.78 is 21.8. The summed E-state index contributed by atoms with van der Waals surface area (Å²) in [5, 5.41) is 34.1. The van der Waals surface area contributed by atoms with Crippen molar-refractivity contribution < 1.29 is 19.1 Å². The first-order valence-corrected chi connectivity index (χ1v) is 48.6. The van der Waals surface area contributed by atoms with Crippen LogP contribution < -0.4 is 8.85 Å². The van der Waals surface area contributed by atoms with Crippen molar-refractivity contribution in [1.82, 2.24) is 28.2 Å². The normalized spacial score (nSPS) is 11.5. The number of hydrogen-bond acceptors (Lipinski definition) is 4. The maximum atomic E-state index is 10.2. The number of nitrogens with zero attached hydrogens (tertiary/aromatic N) is 4. The Hall–Kier alpha value is -15.1. The van der Waals surface area contributed by atoms with Gasteiger partial charge in [0.2, 0.25) is 16.6 Å². The van der Waals surface area contributed by atoms with Crippen LogP contribution in [0.3, 0.4) is 0 Å². The molecule has 0 aliphatic rings. The van der Waals surface area contributed by atoms with E-state index in [0.29, 0.717) is 11.5 Å². The van der Waals surface area contributed by atoms with E-state index in [1.165, 1.54) is 115 Å². The fourth-order valence-corrected chi connectivity index (χ4v) is 18.9. The minimum absolute atomic E-state index is 0.327. The number of H-pyrrole nitrogens is 2. The summed E-state index contributed by atoms with van der Waals surface area (Å²) in [6.45, 7) is 19.3. The summed E-state index contributed by atoms with van der Waals surface area (Å²) in [7, 11) is -3.27. The third kappa shape index (κ3) is 15.8. The van der Waals surface area contributed by atoms with Gasteiger partial charge in [-0.1, -0.05) is 267 Å². The molecule has 0 fully saturated rings. The number of hydrogen-bond donors (Lipinski definition) is 4. The van der Waals surface area contributed by atoms with Crippen molar-refractivity contribution >= 4 is 154 Å². The molecule has 0 radical (unpaired) electrons. The molecule has 0 spiro atoms. The number of para-hydroxylation sites is 10. The third-order valence-corrected chi connectivity index (χ3v) is 24.0. The van der Waals surface area contributed by atoms with Gasteiger partial charge in [-0.05, 0) is 214 Å². The lowest BCUT2D eigenvalue weighted by Gasteiger charge is -2.20. The number of aryl methyl sites for hydroxylation is 1. The zero-order valence-electron chi connectivity index (χ0n) is 69.9. The summed E-state index contributed by atoms with van der Waals surface area (Å²) in [4.78, 5) is 6.70. The SMILES string of the molecule is C=Cc1ccc(-c2cccc3c2c2ccccc2n3-c2ccccc2)cc1.C[Si](C)(C)Oc1cccc2[nH]c3ccccc3c12.C[Si](C)(C)Oc1cccc2c1c1ccccc1n2-c1ccccc1.Cc1cccc2c1c1ccccc1n2-c1ccccc1.Oc1cccc2[nH]c3ccccc3c12.Oc1cccc2c1c1ccccc1n2-c1ccccc1. The lowest BCUT2D eigenvalue weighted by Crippen LogP contribution is -2.29. The van der Waals surface area contributed by atoms with Crippen LogP contribution in [0, 0.1) is 6.92 Å². The first-order chi connectivity index (χ1) is 60.0. The Labute approximate surface area is 717 Å². The molecule has 0 aliphatic heterocycles. The van der Waals surface area contributed by atoms with Gasteiger partial charge in [0.15, 0.2) is 0 Å². The topological polar surface area (TPSA) is 110 Å². The van der Waals surface area contributed by atoms with Crippen molar-refractivity contribution in [3.63, 3.8) is 0 Å². The average Bonchev–Trinajstić information content (AvgIpc) is 1.61. The number of phenolic OH excluding ortho intramolecular Hbond substituents is 2. The van der Waals surface area contributed by atoms with Gasteiger partial charge in [0, 0.05) is 98.4 Å². The number of nitrogens with one attached hydrogen (secondary N) is 2. The molecule has 6 aromatic heterocycles. The second-order valence-corrected chi connectivity index (χ2v) is 41.6.